The SMILES string of the molecule is CC1(C)SC2=C(C(C)(C)C)C(=O)C(C(C)(C)C)=CC2C2C=C(C(C)(C)C)C(=O)C(C(C)(C)C)=C2S1. The second-order valence-corrected chi connectivity index (χ2v) is 18.5. The van der Waals surface area contributed by atoms with Crippen molar-refractivity contribution in [1.29, 1.82) is 0 Å². The van der Waals surface area contributed by atoms with E-state index >= 15 is 0 Å². The third kappa shape index (κ3) is 5.35. The number of carbonyl (C=O) groups excluding carboxylic acids is 2. The smallest absolute Gasteiger partial charge is 0.186 e. The quantitative estimate of drug-likeness (QED) is 0.323. The molecule has 0 spiro atoms. The first-order chi connectivity index (χ1) is 15.5. The summed E-state index contributed by atoms with van der Waals surface area (Å²) in [6.45, 7) is 30.3. The number of thioether (sulfide) groups is 2. The molecule has 0 radical (unpaired) electrons. The summed E-state index contributed by atoms with van der Waals surface area (Å²) in [6.07, 6.45) is 4.53. The molecule has 0 saturated carbocycles. The van der Waals surface area contributed by atoms with Gasteiger partial charge in [-0.2, -0.15) is 0 Å². The van der Waals surface area contributed by atoms with Crippen LogP contribution in [0.2, 0.25) is 0 Å². The van der Waals surface area contributed by atoms with E-state index in [1.807, 2.05) is 23.5 Å². The van der Waals surface area contributed by atoms with Gasteiger partial charge in [0.1, 0.15) is 0 Å². The van der Waals surface area contributed by atoms with E-state index in [0.29, 0.717) is 0 Å². The first-order valence-corrected chi connectivity index (χ1v) is 14.5. The minimum atomic E-state index is -0.273. The Balaban J connectivity index is 2.49. The molecular weight excluding hydrogens is 468 g/mol. The van der Waals surface area contributed by atoms with Gasteiger partial charge in [-0.05, 0) is 35.5 Å². The zero-order chi connectivity index (χ0) is 27.1. The number of rotatable bonds is 0. The molecule has 2 atom stereocenters. The fourth-order valence-electron chi connectivity index (χ4n) is 5.41. The zero-order valence-electron chi connectivity index (χ0n) is 24.4. The highest BCUT2D eigenvalue weighted by Gasteiger charge is 2.50. The fraction of sp³-hybridized carbons (Fsp3) is 0.677. The summed E-state index contributed by atoms with van der Waals surface area (Å²) < 4.78 is -0.203. The summed E-state index contributed by atoms with van der Waals surface area (Å²) in [5.74, 6) is 0.487. The molecule has 0 N–H and O–H groups in total. The molecular formula is C31H46O2S2. The Morgan fingerprint density at radius 1 is 0.571 bits per heavy atom. The van der Waals surface area contributed by atoms with Gasteiger partial charge in [0.2, 0.25) is 0 Å². The summed E-state index contributed by atoms with van der Waals surface area (Å²) in [5, 5.41) is 0. The van der Waals surface area contributed by atoms with Crippen molar-refractivity contribution in [2.24, 2.45) is 33.5 Å². The fourth-order valence-corrected chi connectivity index (χ4v) is 8.88. The summed E-state index contributed by atoms with van der Waals surface area (Å²) in [6, 6.07) is 0. The lowest BCUT2D eigenvalue weighted by Gasteiger charge is -2.41. The van der Waals surface area contributed by atoms with Gasteiger partial charge >= 0.3 is 0 Å². The highest BCUT2D eigenvalue weighted by atomic mass is 32.2. The maximum Gasteiger partial charge on any atom is 0.186 e. The van der Waals surface area contributed by atoms with Crippen molar-refractivity contribution in [3.05, 3.63) is 44.3 Å². The highest BCUT2D eigenvalue weighted by molar-refractivity contribution is 8.21. The second-order valence-electron chi connectivity index (χ2n) is 15.0. The summed E-state index contributed by atoms with van der Waals surface area (Å²) in [5.41, 5.74) is 2.66. The van der Waals surface area contributed by atoms with E-state index < -0.39 is 0 Å². The van der Waals surface area contributed by atoms with Crippen molar-refractivity contribution in [2.75, 3.05) is 0 Å². The summed E-state index contributed by atoms with van der Waals surface area (Å²) in [4.78, 5) is 30.4. The maximum atomic E-state index is 14.0. The van der Waals surface area contributed by atoms with Crippen LogP contribution in [0.1, 0.15) is 96.9 Å². The molecule has 0 aromatic heterocycles. The van der Waals surface area contributed by atoms with Crippen LogP contribution in [-0.4, -0.2) is 15.6 Å². The van der Waals surface area contributed by atoms with Gasteiger partial charge in [-0.3, -0.25) is 9.59 Å². The topological polar surface area (TPSA) is 34.1 Å². The molecule has 1 heterocycles. The molecule has 0 aromatic carbocycles. The van der Waals surface area contributed by atoms with E-state index in [4.69, 9.17) is 0 Å². The van der Waals surface area contributed by atoms with Crippen LogP contribution in [0.3, 0.4) is 0 Å². The third-order valence-electron chi connectivity index (χ3n) is 6.95. The summed E-state index contributed by atoms with van der Waals surface area (Å²) in [7, 11) is 0. The van der Waals surface area contributed by atoms with Gasteiger partial charge in [0, 0.05) is 43.9 Å². The van der Waals surface area contributed by atoms with Gasteiger partial charge in [-0.15, -0.1) is 23.5 Å². The van der Waals surface area contributed by atoms with Gasteiger partial charge in [0.05, 0.1) is 4.08 Å². The monoisotopic (exact) mass is 514 g/mol. The van der Waals surface area contributed by atoms with E-state index in [0.717, 1.165) is 22.3 Å². The Morgan fingerprint density at radius 3 is 1.09 bits per heavy atom. The minimum Gasteiger partial charge on any atom is -0.289 e. The van der Waals surface area contributed by atoms with E-state index in [1.54, 1.807) is 0 Å². The van der Waals surface area contributed by atoms with Crippen molar-refractivity contribution in [3.8, 4) is 0 Å². The molecule has 3 aliphatic rings. The predicted octanol–water partition coefficient (Wildman–Crippen LogP) is 9.15. The Bertz CT molecular complexity index is 995. The molecule has 2 aliphatic carbocycles. The van der Waals surface area contributed by atoms with Crippen molar-refractivity contribution in [2.45, 2.75) is 101 Å². The molecule has 194 valence electrons. The Morgan fingerprint density at radius 2 is 0.857 bits per heavy atom. The average molecular weight is 515 g/mol. The number of hydrogen-bond acceptors (Lipinski definition) is 4. The van der Waals surface area contributed by atoms with Crippen LogP contribution in [0.25, 0.3) is 0 Å². The Hall–Kier alpha value is -1.00. The maximum absolute atomic E-state index is 14.0. The summed E-state index contributed by atoms with van der Waals surface area (Å²) >= 11 is 3.67. The van der Waals surface area contributed by atoms with Gasteiger partial charge in [-0.1, -0.05) is 95.2 Å². The molecule has 0 bridgehead atoms. The van der Waals surface area contributed by atoms with Crippen molar-refractivity contribution < 1.29 is 9.59 Å². The van der Waals surface area contributed by atoms with Crippen LogP contribution < -0.4 is 0 Å². The van der Waals surface area contributed by atoms with Gasteiger partial charge in [0.25, 0.3) is 0 Å². The van der Waals surface area contributed by atoms with Crippen LogP contribution >= 0.6 is 23.5 Å². The van der Waals surface area contributed by atoms with Gasteiger partial charge in [0.15, 0.2) is 11.6 Å². The molecule has 0 amide bonds. The second kappa shape index (κ2) is 8.51. The number of Topliss-reactive ketones (excluding diaryl/α,β-unsaturated/α-hetero) is 2. The molecule has 0 aromatic rings. The highest BCUT2D eigenvalue weighted by Crippen LogP contribution is 2.62. The van der Waals surface area contributed by atoms with Crippen LogP contribution in [0.5, 0.6) is 0 Å². The van der Waals surface area contributed by atoms with Crippen LogP contribution in [0, 0.1) is 33.5 Å². The third-order valence-corrected chi connectivity index (χ3v) is 9.82. The number of ketones is 2. The van der Waals surface area contributed by atoms with Gasteiger partial charge < -0.3 is 0 Å². The lowest BCUT2D eigenvalue weighted by Crippen LogP contribution is -2.36. The molecule has 2 unspecified atom stereocenters. The van der Waals surface area contributed by atoms with Crippen molar-refractivity contribution >= 4 is 35.1 Å². The first-order valence-electron chi connectivity index (χ1n) is 12.9. The van der Waals surface area contributed by atoms with E-state index in [-0.39, 0.29) is 49.1 Å². The minimum absolute atomic E-state index is 0.0493. The molecule has 1 aliphatic heterocycles. The normalized spacial score (nSPS) is 26.2. The lowest BCUT2D eigenvalue weighted by atomic mass is 9.65. The van der Waals surface area contributed by atoms with E-state index in [2.05, 4.69) is 109 Å². The predicted molar refractivity (Wildman–Crippen MR) is 154 cm³/mol. The van der Waals surface area contributed by atoms with Crippen LogP contribution in [0.15, 0.2) is 44.3 Å². The zero-order valence-corrected chi connectivity index (χ0v) is 26.1. The van der Waals surface area contributed by atoms with Crippen LogP contribution in [-0.2, 0) is 9.59 Å². The first kappa shape index (κ1) is 28.6. The average Bonchev–Trinajstić information content (AvgIpc) is 2.67. The molecule has 35 heavy (non-hydrogen) atoms. The van der Waals surface area contributed by atoms with Gasteiger partial charge in [-0.25, -0.2) is 0 Å². The van der Waals surface area contributed by atoms with E-state index in [9.17, 15) is 9.59 Å². The number of fused-ring (bicyclic) bond motifs is 3. The molecule has 4 heteroatoms. The Labute approximate surface area is 222 Å². The lowest BCUT2D eigenvalue weighted by molar-refractivity contribution is -0.115. The van der Waals surface area contributed by atoms with Crippen molar-refractivity contribution in [3.63, 3.8) is 0 Å². The standard InChI is InChI=1S/C31H46O2S2/c1-27(2,3)19-15-17-18-16-20(28(4,5)6)24(33)22(30(10,11)12)26(18)35-31(13,14)34-25(17)21(23(19)32)29(7,8)9/h15-18H,1-14H3. The molecule has 3 rings (SSSR count). The Kier molecular flexibility index (Phi) is 6.95. The molecule has 1 saturated heterocycles. The van der Waals surface area contributed by atoms with Crippen molar-refractivity contribution in [1.82, 2.24) is 0 Å². The number of hydrogen-bond donors (Lipinski definition) is 0. The van der Waals surface area contributed by atoms with E-state index in [1.165, 1.54) is 9.81 Å². The molecule has 2 nitrogen and oxygen atoms in total. The number of allylic oxidation sites excluding steroid dienone is 8. The largest absolute Gasteiger partial charge is 0.289 e. The van der Waals surface area contributed by atoms with Crippen LogP contribution in [0.4, 0.5) is 0 Å². The number of carbonyl (C=O) groups is 2. The molecule has 1 fully saturated rings.